The second-order valence-corrected chi connectivity index (χ2v) is 8.35. The van der Waals surface area contributed by atoms with E-state index in [1.165, 1.54) is 0 Å². The fourth-order valence-corrected chi connectivity index (χ4v) is 4.81. The van der Waals surface area contributed by atoms with Crippen LogP contribution in [0.4, 0.5) is 0 Å². The highest BCUT2D eigenvalue weighted by Gasteiger charge is 2.37. The predicted molar refractivity (Wildman–Crippen MR) is 80.7 cm³/mol. The van der Waals surface area contributed by atoms with Gasteiger partial charge in [0.05, 0.1) is 17.2 Å². The molecule has 1 saturated heterocycles. The largest absolute Gasteiger partial charge is 0.344 e. The van der Waals surface area contributed by atoms with Crippen molar-refractivity contribution in [2.24, 2.45) is 0 Å². The summed E-state index contributed by atoms with van der Waals surface area (Å²) in [4.78, 5) is 7.52. The molecular formula is C13H22ClN3O2S. The molecule has 20 heavy (non-hydrogen) atoms. The Bertz CT molecular complexity index is 570. The summed E-state index contributed by atoms with van der Waals surface area (Å²) < 4.78 is 23.1. The van der Waals surface area contributed by atoms with E-state index in [4.69, 9.17) is 11.6 Å². The second-order valence-electron chi connectivity index (χ2n) is 5.81. The number of nitrogens with zero attached hydrogens (tertiary/aromatic N) is 1. The van der Waals surface area contributed by atoms with Gasteiger partial charge in [0.1, 0.15) is 5.82 Å². The molecule has 0 bridgehead atoms. The Morgan fingerprint density at radius 3 is 2.85 bits per heavy atom. The molecule has 5 nitrogen and oxygen atoms in total. The second kappa shape index (κ2) is 6.03. The molecule has 2 heterocycles. The van der Waals surface area contributed by atoms with Crippen LogP contribution in [0, 0.1) is 0 Å². The van der Waals surface area contributed by atoms with Crippen molar-refractivity contribution >= 4 is 21.4 Å². The van der Waals surface area contributed by atoms with Gasteiger partial charge < -0.3 is 10.3 Å². The van der Waals surface area contributed by atoms with Gasteiger partial charge in [-0.05, 0) is 19.8 Å². The van der Waals surface area contributed by atoms with Gasteiger partial charge in [0.15, 0.2) is 15.0 Å². The maximum atomic E-state index is 11.6. The van der Waals surface area contributed by atoms with E-state index in [2.05, 4.69) is 22.2 Å². The van der Waals surface area contributed by atoms with Crippen LogP contribution in [0.3, 0.4) is 0 Å². The molecule has 0 amide bonds. The van der Waals surface area contributed by atoms with E-state index in [1.807, 2.05) is 6.92 Å². The number of aromatic nitrogens is 2. The molecule has 0 aromatic carbocycles. The molecule has 114 valence electrons. The molecule has 7 heteroatoms. The van der Waals surface area contributed by atoms with Gasteiger partial charge in [-0.15, -0.1) is 0 Å². The molecule has 2 rings (SSSR count). The number of halogens is 1. The summed E-state index contributed by atoms with van der Waals surface area (Å²) in [6, 6.07) is 0. The van der Waals surface area contributed by atoms with Crippen molar-refractivity contribution in [2.45, 2.75) is 51.6 Å². The summed E-state index contributed by atoms with van der Waals surface area (Å²) in [5.74, 6) is 1.35. The molecule has 1 atom stereocenters. The maximum absolute atomic E-state index is 11.6. The van der Waals surface area contributed by atoms with E-state index in [0.717, 1.165) is 30.8 Å². The number of H-pyrrole nitrogens is 1. The van der Waals surface area contributed by atoms with E-state index in [-0.39, 0.29) is 17.0 Å². The van der Waals surface area contributed by atoms with E-state index >= 15 is 0 Å². The van der Waals surface area contributed by atoms with Crippen LogP contribution >= 0.6 is 11.6 Å². The Balaban J connectivity index is 1.96. The Labute approximate surface area is 125 Å². The lowest BCUT2D eigenvalue weighted by Gasteiger charge is -2.23. The molecule has 1 fully saturated rings. The van der Waals surface area contributed by atoms with Crippen molar-refractivity contribution in [3.05, 3.63) is 16.7 Å². The molecule has 0 spiro atoms. The molecule has 0 saturated carbocycles. The highest BCUT2D eigenvalue weighted by Crippen LogP contribution is 2.24. The van der Waals surface area contributed by atoms with Crippen molar-refractivity contribution in [3.63, 3.8) is 0 Å². The normalized spacial score (nSPS) is 25.1. The lowest BCUT2D eigenvalue weighted by Crippen LogP contribution is -2.42. The van der Waals surface area contributed by atoms with Gasteiger partial charge in [-0.25, -0.2) is 13.4 Å². The zero-order valence-electron chi connectivity index (χ0n) is 12.0. The number of rotatable bonds is 6. The zero-order valence-corrected chi connectivity index (χ0v) is 13.6. The molecule has 1 unspecified atom stereocenters. The average molecular weight is 320 g/mol. The lowest BCUT2D eigenvalue weighted by molar-refractivity contribution is 0.393. The predicted octanol–water partition coefficient (Wildman–Crippen LogP) is 2.07. The van der Waals surface area contributed by atoms with Crippen LogP contribution < -0.4 is 5.32 Å². The molecule has 2 N–H and O–H groups in total. The summed E-state index contributed by atoms with van der Waals surface area (Å²) in [7, 11) is -2.90. The van der Waals surface area contributed by atoms with Crippen molar-refractivity contribution in [1.82, 2.24) is 15.3 Å². The third-order valence-electron chi connectivity index (χ3n) is 3.74. The van der Waals surface area contributed by atoms with Gasteiger partial charge in [0.2, 0.25) is 0 Å². The fraction of sp³-hybridized carbons (Fsp3) is 0.769. The zero-order chi connectivity index (χ0) is 14.8. The van der Waals surface area contributed by atoms with Crippen LogP contribution in [0.25, 0.3) is 0 Å². The smallest absolute Gasteiger partial charge is 0.152 e. The number of unbranched alkanes of at least 4 members (excludes halogenated alkanes) is 1. The number of aryl methyl sites for hydroxylation is 1. The number of sulfone groups is 1. The van der Waals surface area contributed by atoms with Gasteiger partial charge in [0.25, 0.3) is 0 Å². The molecular weight excluding hydrogens is 298 g/mol. The molecule has 1 aliphatic heterocycles. The number of aromatic amines is 1. The van der Waals surface area contributed by atoms with Gasteiger partial charge >= 0.3 is 0 Å². The van der Waals surface area contributed by atoms with Crippen molar-refractivity contribution in [2.75, 3.05) is 11.5 Å². The number of hydrogen-bond acceptors (Lipinski definition) is 4. The summed E-state index contributed by atoms with van der Waals surface area (Å²) >= 11 is 6.11. The Kier molecular flexibility index (Phi) is 4.76. The van der Waals surface area contributed by atoms with E-state index < -0.39 is 9.84 Å². The summed E-state index contributed by atoms with van der Waals surface area (Å²) in [6.45, 7) is 4.60. The Morgan fingerprint density at radius 2 is 2.25 bits per heavy atom. The third kappa shape index (κ3) is 3.96. The SMILES string of the molecule is CCCCc1nc(Cl)c(CNC2(C)CCS(=O)(=O)C2)[nH]1. The van der Waals surface area contributed by atoms with Gasteiger partial charge in [-0.1, -0.05) is 24.9 Å². The maximum Gasteiger partial charge on any atom is 0.152 e. The topological polar surface area (TPSA) is 74.8 Å². The first-order valence-electron chi connectivity index (χ1n) is 7.02. The van der Waals surface area contributed by atoms with E-state index in [1.54, 1.807) is 0 Å². The third-order valence-corrected chi connectivity index (χ3v) is 5.96. The Hall–Kier alpha value is -0.590. The van der Waals surface area contributed by atoms with Crippen molar-refractivity contribution in [3.8, 4) is 0 Å². The Morgan fingerprint density at radius 1 is 1.50 bits per heavy atom. The lowest BCUT2D eigenvalue weighted by atomic mass is 10.0. The molecule has 0 radical (unpaired) electrons. The summed E-state index contributed by atoms with van der Waals surface area (Å²) in [5.41, 5.74) is 0.472. The molecule has 1 aromatic heterocycles. The van der Waals surface area contributed by atoms with Crippen LogP contribution in [-0.4, -0.2) is 35.4 Å². The first-order chi connectivity index (χ1) is 9.34. The molecule has 1 aliphatic rings. The van der Waals surface area contributed by atoms with E-state index in [0.29, 0.717) is 18.1 Å². The van der Waals surface area contributed by atoms with Gasteiger partial charge in [-0.2, -0.15) is 0 Å². The fourth-order valence-electron chi connectivity index (χ4n) is 2.47. The van der Waals surface area contributed by atoms with E-state index in [9.17, 15) is 8.42 Å². The van der Waals surface area contributed by atoms with Crippen molar-refractivity contribution < 1.29 is 8.42 Å². The number of imidazole rings is 1. The van der Waals surface area contributed by atoms with Crippen LogP contribution in [0.1, 0.15) is 44.6 Å². The quantitative estimate of drug-likeness (QED) is 0.841. The summed E-state index contributed by atoms with van der Waals surface area (Å²) in [5, 5.41) is 3.78. The summed E-state index contributed by atoms with van der Waals surface area (Å²) in [6.07, 6.45) is 3.72. The minimum absolute atomic E-state index is 0.189. The van der Waals surface area contributed by atoms with Crippen LogP contribution in [0.15, 0.2) is 0 Å². The molecule has 0 aliphatic carbocycles. The first kappa shape index (κ1) is 15.8. The first-order valence-corrected chi connectivity index (χ1v) is 9.22. The van der Waals surface area contributed by atoms with Crippen LogP contribution in [0.5, 0.6) is 0 Å². The minimum atomic E-state index is -2.90. The van der Waals surface area contributed by atoms with Crippen molar-refractivity contribution in [1.29, 1.82) is 0 Å². The van der Waals surface area contributed by atoms with Crippen LogP contribution in [0.2, 0.25) is 5.15 Å². The highest BCUT2D eigenvalue weighted by molar-refractivity contribution is 7.91. The van der Waals surface area contributed by atoms with Gasteiger partial charge in [0, 0.05) is 18.5 Å². The standard InChI is InChI=1S/C13H22ClN3O2S/c1-3-4-5-11-16-10(12(14)17-11)8-15-13(2)6-7-20(18,19)9-13/h15H,3-9H2,1-2H3,(H,16,17). The average Bonchev–Trinajstić information content (AvgIpc) is 2.85. The highest BCUT2D eigenvalue weighted by atomic mass is 35.5. The monoisotopic (exact) mass is 319 g/mol. The number of nitrogens with one attached hydrogen (secondary N) is 2. The van der Waals surface area contributed by atoms with Gasteiger partial charge in [-0.3, -0.25) is 0 Å². The number of hydrogen-bond donors (Lipinski definition) is 2. The van der Waals surface area contributed by atoms with Crippen LogP contribution in [-0.2, 0) is 22.8 Å². The minimum Gasteiger partial charge on any atom is -0.344 e. The molecule has 1 aromatic rings.